The molecule has 10 heteroatoms. The number of ether oxygens (including phenoxy) is 2. The van der Waals surface area contributed by atoms with E-state index >= 15 is 0 Å². The van der Waals surface area contributed by atoms with Gasteiger partial charge in [0.2, 0.25) is 0 Å². The molecule has 1 aliphatic rings. The molecule has 0 aliphatic carbocycles. The monoisotopic (exact) mass is 538 g/mol. The zero-order chi connectivity index (χ0) is 25.2. The Labute approximate surface area is 219 Å². The second-order valence-electron chi connectivity index (χ2n) is 7.68. The molecule has 0 saturated carbocycles. The van der Waals surface area contributed by atoms with Crippen LogP contribution in [0.2, 0.25) is 10.0 Å². The van der Waals surface area contributed by atoms with Gasteiger partial charge in [-0.2, -0.15) is 0 Å². The molecule has 0 bridgehead atoms. The van der Waals surface area contributed by atoms with E-state index in [9.17, 15) is 9.59 Å². The molecule has 2 aromatic carbocycles. The van der Waals surface area contributed by atoms with Crippen LogP contribution in [0.3, 0.4) is 0 Å². The molecule has 188 valence electrons. The third kappa shape index (κ3) is 7.88. The number of hydrogen-bond donors (Lipinski definition) is 1. The maximum absolute atomic E-state index is 12.4. The minimum atomic E-state index is -0.403. The highest BCUT2D eigenvalue weighted by atomic mass is 35.5. The van der Waals surface area contributed by atoms with Crippen molar-refractivity contribution in [2.45, 2.75) is 23.3 Å². The number of carbonyl (C=O) groups excluding carboxylic acids is 2. The molecule has 1 aliphatic heterocycles. The van der Waals surface area contributed by atoms with E-state index in [2.05, 4.69) is 4.90 Å². The normalized spacial score (nSPS) is 14.3. The quantitative estimate of drug-likeness (QED) is 0.356. The fourth-order valence-electron chi connectivity index (χ4n) is 3.47. The van der Waals surface area contributed by atoms with Gasteiger partial charge in [-0.05, 0) is 30.7 Å². The molecule has 35 heavy (non-hydrogen) atoms. The van der Waals surface area contributed by atoms with E-state index in [0.717, 1.165) is 15.4 Å². The summed E-state index contributed by atoms with van der Waals surface area (Å²) in [5, 5.41) is 9.74. The number of benzene rings is 2. The number of piperazine rings is 1. The van der Waals surface area contributed by atoms with Gasteiger partial charge >= 0.3 is 12.1 Å². The van der Waals surface area contributed by atoms with E-state index < -0.39 is 12.1 Å². The van der Waals surface area contributed by atoms with Crippen LogP contribution in [0.5, 0.6) is 0 Å². The Morgan fingerprint density at radius 2 is 1.77 bits per heavy atom. The van der Waals surface area contributed by atoms with Gasteiger partial charge in [0.1, 0.15) is 6.61 Å². The zero-order valence-electron chi connectivity index (χ0n) is 19.4. The number of β-amino-alcohol motifs (C(OH)–C–C–N with tert-alkyl or cyclic N) is 1. The number of hydrogen-bond acceptors (Lipinski definition) is 7. The van der Waals surface area contributed by atoms with Gasteiger partial charge in [-0.1, -0.05) is 59.2 Å². The van der Waals surface area contributed by atoms with Crippen molar-refractivity contribution in [2.24, 2.45) is 0 Å². The van der Waals surface area contributed by atoms with Gasteiger partial charge in [0.05, 0.1) is 23.3 Å². The van der Waals surface area contributed by atoms with Gasteiger partial charge in [-0.25, -0.2) is 9.59 Å². The molecule has 2 aromatic rings. The second kappa shape index (κ2) is 13.8. The van der Waals surface area contributed by atoms with E-state index in [1.807, 2.05) is 30.3 Å². The van der Waals surface area contributed by atoms with Crippen LogP contribution >= 0.6 is 35.0 Å². The number of halogens is 2. The summed E-state index contributed by atoms with van der Waals surface area (Å²) in [6, 6.07) is 11.2. The van der Waals surface area contributed by atoms with Crippen molar-refractivity contribution in [3.05, 3.63) is 63.6 Å². The van der Waals surface area contributed by atoms with Crippen LogP contribution in [-0.2, 0) is 20.9 Å². The summed E-state index contributed by atoms with van der Waals surface area (Å²) in [6.45, 7) is 5.29. The molecule has 0 aromatic heterocycles. The number of rotatable bonds is 9. The summed E-state index contributed by atoms with van der Waals surface area (Å²) in [6.07, 6.45) is 2.69. The van der Waals surface area contributed by atoms with Gasteiger partial charge in [0, 0.05) is 54.2 Å². The topological polar surface area (TPSA) is 79.3 Å². The largest absolute Gasteiger partial charge is 0.463 e. The van der Waals surface area contributed by atoms with Gasteiger partial charge in [-0.15, -0.1) is 0 Å². The van der Waals surface area contributed by atoms with Crippen LogP contribution < -0.4 is 0 Å². The Kier molecular flexibility index (Phi) is 10.7. The highest BCUT2D eigenvalue weighted by molar-refractivity contribution is 7.99. The smallest absolute Gasteiger partial charge is 0.410 e. The molecule has 0 radical (unpaired) electrons. The summed E-state index contributed by atoms with van der Waals surface area (Å²) in [5.74, 6) is -0.403. The fourth-order valence-corrected chi connectivity index (χ4v) is 5.01. The average Bonchev–Trinajstić information content (AvgIpc) is 2.86. The fraction of sp³-hybridized carbons (Fsp3) is 0.360. The Hall–Kier alpha value is -2.23. The van der Waals surface area contributed by atoms with Crippen LogP contribution in [-0.4, -0.2) is 72.9 Å². The molecule has 1 N–H and O–H groups in total. The van der Waals surface area contributed by atoms with E-state index in [1.165, 1.54) is 17.8 Å². The number of esters is 1. The first kappa shape index (κ1) is 27.4. The molecular formula is C25H28Cl2N2O5S. The van der Waals surface area contributed by atoms with Gasteiger partial charge < -0.3 is 19.5 Å². The number of aliphatic hydroxyl groups is 1. The lowest BCUT2D eigenvalue weighted by atomic mass is 10.2. The van der Waals surface area contributed by atoms with Crippen molar-refractivity contribution in [3.63, 3.8) is 0 Å². The van der Waals surface area contributed by atoms with Crippen LogP contribution in [0.4, 0.5) is 4.79 Å². The minimum absolute atomic E-state index is 0.0120. The predicted octanol–water partition coefficient (Wildman–Crippen LogP) is 4.97. The third-order valence-electron chi connectivity index (χ3n) is 5.35. The van der Waals surface area contributed by atoms with Crippen LogP contribution in [0, 0.1) is 0 Å². The summed E-state index contributed by atoms with van der Waals surface area (Å²) in [7, 11) is 0. The van der Waals surface area contributed by atoms with Crippen molar-refractivity contribution in [2.75, 3.05) is 45.9 Å². The van der Waals surface area contributed by atoms with Gasteiger partial charge in [-0.3, -0.25) is 4.90 Å². The van der Waals surface area contributed by atoms with Gasteiger partial charge in [0.25, 0.3) is 0 Å². The lowest BCUT2D eigenvalue weighted by molar-refractivity contribution is -0.137. The molecule has 0 spiro atoms. The summed E-state index contributed by atoms with van der Waals surface area (Å²) < 4.78 is 10.4. The van der Waals surface area contributed by atoms with Crippen LogP contribution in [0.15, 0.2) is 52.3 Å². The van der Waals surface area contributed by atoms with Crippen molar-refractivity contribution in [1.29, 1.82) is 0 Å². The third-order valence-corrected chi connectivity index (χ3v) is 7.53. The number of nitrogens with zero attached hydrogens (tertiary/aromatic N) is 2. The number of carbonyl (C=O) groups is 2. The van der Waals surface area contributed by atoms with Gasteiger partial charge in [0.15, 0.2) is 0 Å². The molecule has 1 fully saturated rings. The maximum Gasteiger partial charge on any atom is 0.410 e. The Bertz CT molecular complexity index is 1060. The SMILES string of the molecule is CCOC(=O)/C=C/c1ccccc1Sc1ccc(COC(=O)N2CCN(CCO)CC2)c(Cl)c1Cl. The average molecular weight is 539 g/mol. The van der Waals surface area contributed by atoms with Crippen LogP contribution in [0.25, 0.3) is 6.08 Å². The summed E-state index contributed by atoms with van der Waals surface area (Å²) in [5.41, 5.74) is 1.46. The molecule has 1 saturated heterocycles. The first-order valence-corrected chi connectivity index (χ1v) is 12.8. The van der Waals surface area contributed by atoms with Crippen molar-refractivity contribution < 1.29 is 24.2 Å². The molecule has 0 atom stereocenters. The Morgan fingerprint density at radius 3 is 2.49 bits per heavy atom. The van der Waals surface area contributed by atoms with E-state index in [0.29, 0.717) is 54.9 Å². The second-order valence-corrected chi connectivity index (χ2v) is 9.52. The molecular weight excluding hydrogens is 511 g/mol. The molecule has 7 nitrogen and oxygen atoms in total. The predicted molar refractivity (Wildman–Crippen MR) is 138 cm³/mol. The summed E-state index contributed by atoms with van der Waals surface area (Å²) >= 11 is 14.5. The Morgan fingerprint density at radius 1 is 1.03 bits per heavy atom. The molecule has 1 heterocycles. The first-order chi connectivity index (χ1) is 16.9. The standard InChI is InChI=1S/C25H28Cl2N2O5S/c1-2-33-22(31)10-8-18-5-3-4-6-20(18)35-21-9-7-19(23(26)24(21)27)17-34-25(32)29-13-11-28(12-14-29)15-16-30/h3-10,30H,2,11-17H2,1H3/b10-8+. The van der Waals surface area contributed by atoms with Crippen LogP contribution in [0.1, 0.15) is 18.1 Å². The minimum Gasteiger partial charge on any atom is -0.463 e. The van der Waals surface area contributed by atoms with E-state index in [4.69, 9.17) is 37.8 Å². The first-order valence-electron chi connectivity index (χ1n) is 11.3. The molecule has 3 rings (SSSR count). The van der Waals surface area contributed by atoms with E-state index in [-0.39, 0.29) is 13.2 Å². The summed E-state index contributed by atoms with van der Waals surface area (Å²) in [4.78, 5) is 29.5. The van der Waals surface area contributed by atoms with Crippen molar-refractivity contribution in [1.82, 2.24) is 9.80 Å². The lowest BCUT2D eigenvalue weighted by Crippen LogP contribution is -2.49. The molecule has 0 unspecified atom stereocenters. The van der Waals surface area contributed by atoms with Crippen molar-refractivity contribution >= 4 is 53.1 Å². The van der Waals surface area contributed by atoms with Crippen molar-refractivity contribution in [3.8, 4) is 0 Å². The highest BCUT2D eigenvalue weighted by Crippen LogP contribution is 2.40. The zero-order valence-corrected chi connectivity index (χ0v) is 21.7. The number of aliphatic hydroxyl groups excluding tert-OH is 1. The molecule has 1 amide bonds. The lowest BCUT2D eigenvalue weighted by Gasteiger charge is -2.33. The Balaban J connectivity index is 1.63. The highest BCUT2D eigenvalue weighted by Gasteiger charge is 2.22. The number of amides is 1. The maximum atomic E-state index is 12.4. The van der Waals surface area contributed by atoms with E-state index in [1.54, 1.807) is 24.0 Å².